The molecule has 2 heterocycles. The van der Waals surface area contributed by atoms with Crippen molar-refractivity contribution in [1.29, 1.82) is 0 Å². The van der Waals surface area contributed by atoms with Crippen molar-refractivity contribution >= 4 is 33.2 Å². The molecule has 7 nitrogen and oxygen atoms in total. The van der Waals surface area contributed by atoms with Crippen LogP contribution in [0.1, 0.15) is 26.1 Å². The number of halogens is 1. The number of rotatable bonds is 13. The number of aromatic amines is 1. The van der Waals surface area contributed by atoms with Crippen molar-refractivity contribution in [2.45, 2.75) is 32.9 Å². The number of hydrogen-bond donors (Lipinski definition) is 2. The minimum absolute atomic E-state index is 0.177. The zero-order chi connectivity index (χ0) is 23.8. The lowest BCUT2D eigenvalue weighted by Crippen LogP contribution is -2.36. The summed E-state index contributed by atoms with van der Waals surface area (Å²) in [5, 5.41) is 13.6. The molecule has 0 fully saturated rings. The molecule has 0 aliphatic rings. The Kier molecular flexibility index (Phi) is 9.85. The van der Waals surface area contributed by atoms with Gasteiger partial charge in [-0.3, -0.25) is 9.69 Å². The molecule has 0 radical (unpaired) electrons. The molecule has 0 amide bonds. The average Bonchev–Trinajstić information content (AvgIpc) is 3.18. The van der Waals surface area contributed by atoms with Gasteiger partial charge in [0, 0.05) is 49.4 Å². The molecule has 1 aromatic carbocycles. The summed E-state index contributed by atoms with van der Waals surface area (Å²) in [6.07, 6.45) is 0.179. The number of aromatic nitrogens is 2. The minimum Gasteiger partial charge on any atom is -0.389 e. The molecular weight excluding hydrogens is 462 g/mol. The van der Waals surface area contributed by atoms with Gasteiger partial charge in [0.05, 0.1) is 24.6 Å². The molecule has 0 aliphatic carbocycles. The summed E-state index contributed by atoms with van der Waals surface area (Å²) in [7, 11) is 1.67. The number of thiophene rings is 1. The molecule has 2 aromatic heterocycles. The normalized spacial score (nSPS) is 12.8. The molecule has 0 unspecified atom stereocenters. The summed E-state index contributed by atoms with van der Waals surface area (Å²) in [5.74, 6) is 0.985. The molecule has 180 valence electrons. The van der Waals surface area contributed by atoms with Crippen molar-refractivity contribution in [1.82, 2.24) is 14.9 Å². The monoisotopic (exact) mass is 493 g/mol. The minimum atomic E-state index is -0.627. The number of aliphatic hydroxyl groups excluding tert-OH is 1. The molecule has 3 aromatic rings. The van der Waals surface area contributed by atoms with Crippen LogP contribution in [0.3, 0.4) is 0 Å². The van der Waals surface area contributed by atoms with E-state index in [0.717, 1.165) is 17.5 Å². The summed E-state index contributed by atoms with van der Waals surface area (Å²) in [4.78, 5) is 23.4. The van der Waals surface area contributed by atoms with Crippen LogP contribution in [0, 0.1) is 5.92 Å². The topological polar surface area (TPSA) is 87.7 Å². The lowest BCUT2D eigenvalue weighted by atomic mass is 10.1. The highest BCUT2D eigenvalue weighted by Crippen LogP contribution is 2.32. The van der Waals surface area contributed by atoms with Crippen molar-refractivity contribution in [3.63, 3.8) is 0 Å². The van der Waals surface area contributed by atoms with Crippen molar-refractivity contribution in [2.24, 2.45) is 5.92 Å². The molecule has 1 atom stereocenters. The van der Waals surface area contributed by atoms with Gasteiger partial charge in [-0.1, -0.05) is 37.6 Å². The number of nitrogens with one attached hydrogen (secondary N) is 1. The Morgan fingerprint density at radius 1 is 1.30 bits per heavy atom. The van der Waals surface area contributed by atoms with Crippen LogP contribution < -0.4 is 5.56 Å². The molecule has 2 N–H and O–H groups in total. The summed E-state index contributed by atoms with van der Waals surface area (Å²) < 4.78 is 10.8. The molecule has 9 heteroatoms. The quantitative estimate of drug-likeness (QED) is 0.347. The van der Waals surface area contributed by atoms with Gasteiger partial charge in [0.25, 0.3) is 5.56 Å². The third kappa shape index (κ3) is 7.60. The number of aliphatic hydroxyl groups is 1. The van der Waals surface area contributed by atoms with E-state index >= 15 is 0 Å². The molecular formula is C24H32ClN3O4S. The third-order valence-electron chi connectivity index (χ3n) is 5.06. The maximum absolute atomic E-state index is 13.0. The van der Waals surface area contributed by atoms with E-state index in [1.165, 1.54) is 11.3 Å². The van der Waals surface area contributed by atoms with Crippen molar-refractivity contribution in [3.05, 3.63) is 50.8 Å². The fourth-order valence-electron chi connectivity index (χ4n) is 3.61. The van der Waals surface area contributed by atoms with Gasteiger partial charge >= 0.3 is 0 Å². The van der Waals surface area contributed by atoms with Gasteiger partial charge in [0.2, 0.25) is 0 Å². The number of fused-ring (bicyclic) bond motifs is 1. The van der Waals surface area contributed by atoms with Crippen molar-refractivity contribution in [2.75, 3.05) is 40.0 Å². The first kappa shape index (κ1) is 25.8. The van der Waals surface area contributed by atoms with Gasteiger partial charge in [-0.25, -0.2) is 4.98 Å². The van der Waals surface area contributed by atoms with Crippen molar-refractivity contribution < 1.29 is 14.6 Å². The van der Waals surface area contributed by atoms with E-state index in [1.807, 2.05) is 23.6 Å². The molecule has 0 saturated heterocycles. The van der Waals surface area contributed by atoms with Crippen LogP contribution in [0.25, 0.3) is 21.3 Å². The van der Waals surface area contributed by atoms with Crippen molar-refractivity contribution in [3.8, 4) is 11.1 Å². The van der Waals surface area contributed by atoms with E-state index in [9.17, 15) is 9.90 Å². The molecule has 33 heavy (non-hydrogen) atoms. The standard InChI is InChI=1S/C24H32ClN3O4S/c1-16(2)13-32-14-19(29)11-28(8-5-9-31-3)12-21-26-23(30)22-20(15-33-24(22)27-21)17-6-4-7-18(25)10-17/h4,6-7,10,15-16,19,29H,5,8-9,11-14H2,1-3H3,(H,26,27,30)/t19-/m0/s1. The predicted octanol–water partition coefficient (Wildman–Crippen LogP) is 4.18. The number of methoxy groups -OCH3 is 1. The smallest absolute Gasteiger partial charge is 0.260 e. The first-order valence-electron chi connectivity index (χ1n) is 11.1. The lowest BCUT2D eigenvalue weighted by Gasteiger charge is -2.24. The van der Waals surface area contributed by atoms with E-state index in [2.05, 4.69) is 23.7 Å². The summed E-state index contributed by atoms with van der Waals surface area (Å²) in [6, 6.07) is 7.45. The predicted molar refractivity (Wildman–Crippen MR) is 134 cm³/mol. The van der Waals surface area contributed by atoms with Gasteiger partial charge in [-0.05, 0) is 30.0 Å². The number of H-pyrrole nitrogens is 1. The Balaban J connectivity index is 1.76. The molecule has 3 rings (SSSR count). The number of benzene rings is 1. The highest BCUT2D eigenvalue weighted by molar-refractivity contribution is 7.17. The Hall–Kier alpha value is -1.81. The number of ether oxygens (including phenoxy) is 2. The van der Waals surface area contributed by atoms with E-state index < -0.39 is 6.10 Å². The lowest BCUT2D eigenvalue weighted by molar-refractivity contribution is 0.00544. The van der Waals surface area contributed by atoms with E-state index in [-0.39, 0.29) is 12.2 Å². The molecule has 0 bridgehead atoms. The second kappa shape index (κ2) is 12.6. The first-order chi connectivity index (χ1) is 15.9. The van der Waals surface area contributed by atoms with Crippen LogP contribution in [0.4, 0.5) is 0 Å². The Labute approximate surface area is 203 Å². The number of nitrogens with zero attached hydrogens (tertiary/aromatic N) is 2. The van der Waals surface area contributed by atoms with Crippen LogP contribution in [-0.2, 0) is 16.0 Å². The Bertz CT molecular complexity index is 1090. The fraction of sp³-hybridized carbons (Fsp3) is 0.500. The van der Waals surface area contributed by atoms with Gasteiger partial charge in [0.1, 0.15) is 10.7 Å². The van der Waals surface area contributed by atoms with Gasteiger partial charge < -0.3 is 19.6 Å². The van der Waals surface area contributed by atoms with Crippen LogP contribution in [0.15, 0.2) is 34.4 Å². The fourth-order valence-corrected chi connectivity index (χ4v) is 4.76. The molecule has 0 aliphatic heterocycles. The maximum atomic E-state index is 13.0. The zero-order valence-electron chi connectivity index (χ0n) is 19.3. The van der Waals surface area contributed by atoms with Gasteiger partial charge in [0.15, 0.2) is 0 Å². The summed E-state index contributed by atoms with van der Waals surface area (Å²) >= 11 is 7.57. The molecule has 0 spiro atoms. The first-order valence-corrected chi connectivity index (χ1v) is 12.4. The second-order valence-corrected chi connectivity index (χ2v) is 9.81. The summed E-state index contributed by atoms with van der Waals surface area (Å²) in [6.45, 7) is 7.19. The van der Waals surface area contributed by atoms with Crippen LogP contribution in [0.5, 0.6) is 0 Å². The molecule has 0 saturated carbocycles. The third-order valence-corrected chi connectivity index (χ3v) is 6.16. The van der Waals surface area contributed by atoms with E-state index in [4.69, 9.17) is 26.1 Å². The van der Waals surface area contributed by atoms with Crippen LogP contribution >= 0.6 is 22.9 Å². The maximum Gasteiger partial charge on any atom is 0.260 e. The Morgan fingerprint density at radius 3 is 2.85 bits per heavy atom. The zero-order valence-corrected chi connectivity index (χ0v) is 20.9. The largest absolute Gasteiger partial charge is 0.389 e. The van der Waals surface area contributed by atoms with Crippen LogP contribution in [0.2, 0.25) is 5.02 Å². The van der Waals surface area contributed by atoms with Crippen LogP contribution in [-0.4, -0.2) is 66.1 Å². The van der Waals surface area contributed by atoms with Gasteiger partial charge in [-0.2, -0.15) is 0 Å². The summed E-state index contributed by atoms with van der Waals surface area (Å²) in [5.41, 5.74) is 1.54. The highest BCUT2D eigenvalue weighted by atomic mass is 35.5. The SMILES string of the molecule is COCCCN(Cc1nc2scc(-c3cccc(Cl)c3)c2c(=O)[nH]1)C[C@H](O)COCC(C)C. The Morgan fingerprint density at radius 2 is 2.12 bits per heavy atom. The van der Waals surface area contributed by atoms with E-state index in [1.54, 1.807) is 13.2 Å². The van der Waals surface area contributed by atoms with E-state index in [0.29, 0.717) is 59.8 Å². The number of hydrogen-bond acceptors (Lipinski definition) is 7. The van der Waals surface area contributed by atoms with Gasteiger partial charge in [-0.15, -0.1) is 11.3 Å². The second-order valence-electron chi connectivity index (χ2n) is 8.52. The average molecular weight is 494 g/mol. The highest BCUT2D eigenvalue weighted by Gasteiger charge is 2.17.